The lowest BCUT2D eigenvalue weighted by Gasteiger charge is -2.19. The summed E-state index contributed by atoms with van der Waals surface area (Å²) in [4.78, 5) is 10.8. The number of allylic oxidation sites excluding steroid dienone is 7. The van der Waals surface area contributed by atoms with Gasteiger partial charge in [-0.05, 0) is 45.1 Å². The molecule has 0 amide bonds. The summed E-state index contributed by atoms with van der Waals surface area (Å²) in [6.45, 7) is 13.7. The van der Waals surface area contributed by atoms with Crippen LogP contribution in [0.3, 0.4) is 0 Å². The highest BCUT2D eigenvalue weighted by Crippen LogP contribution is 2.17. The molecule has 0 unspecified atom stereocenters. The third kappa shape index (κ3) is 8.70. The Morgan fingerprint density at radius 3 is 2.40 bits per heavy atom. The van der Waals surface area contributed by atoms with Gasteiger partial charge in [-0.1, -0.05) is 52.2 Å². The monoisotopic (exact) mass is 342 g/mol. The molecule has 0 aliphatic rings. The summed E-state index contributed by atoms with van der Waals surface area (Å²) in [6, 6.07) is 1.88. The Morgan fingerprint density at radius 2 is 1.88 bits per heavy atom. The number of likely N-dealkylation sites (N-methyl/N-ethyl adjacent to an activating group) is 1. The molecule has 0 atom stereocenters. The summed E-state index contributed by atoms with van der Waals surface area (Å²) in [7, 11) is 1.98. The molecule has 1 rings (SSSR count). The van der Waals surface area contributed by atoms with Crippen LogP contribution >= 0.6 is 0 Å². The highest BCUT2D eigenvalue weighted by atomic mass is 15.2. The van der Waals surface area contributed by atoms with E-state index in [1.165, 1.54) is 0 Å². The standard InChI is InChI=1S/C18H24N4.C2H6.CH4/c1-6-10-12-15(8-3)20-18-19-14-13-17(21-18)22(5)16(9-4)11-7-2;1-2;/h6-14H,3H2,1-2,4-5H3,(H,19,20,21);1-2H3;1H4/b10-6-,11-7-,15-12+,16-9+;;. The average molecular weight is 343 g/mol. The molecule has 0 aliphatic heterocycles. The predicted octanol–water partition coefficient (Wildman–Crippen LogP) is 6.11. The maximum atomic E-state index is 4.54. The first-order valence-corrected chi connectivity index (χ1v) is 8.24. The second-order valence-corrected chi connectivity index (χ2v) is 4.49. The molecule has 1 heterocycles. The Labute approximate surface area is 154 Å². The van der Waals surface area contributed by atoms with Gasteiger partial charge >= 0.3 is 0 Å². The molecule has 0 bridgehead atoms. The number of rotatable bonds is 7. The lowest BCUT2D eigenvalue weighted by atomic mass is 10.3. The molecule has 0 radical (unpaired) electrons. The fourth-order valence-electron chi connectivity index (χ4n) is 1.79. The van der Waals surface area contributed by atoms with E-state index in [1.807, 2.05) is 89.1 Å². The van der Waals surface area contributed by atoms with Crippen LogP contribution in [0.25, 0.3) is 0 Å². The van der Waals surface area contributed by atoms with Crippen molar-refractivity contribution < 1.29 is 0 Å². The molecule has 1 aromatic rings. The zero-order chi connectivity index (χ0) is 18.4. The Bertz CT molecular complexity index is 610. The second-order valence-electron chi connectivity index (χ2n) is 4.49. The van der Waals surface area contributed by atoms with E-state index in [-0.39, 0.29) is 7.43 Å². The minimum absolute atomic E-state index is 0. The summed E-state index contributed by atoms with van der Waals surface area (Å²) in [6.07, 6.45) is 15.4. The van der Waals surface area contributed by atoms with Gasteiger partial charge in [0.25, 0.3) is 0 Å². The van der Waals surface area contributed by atoms with Gasteiger partial charge < -0.3 is 10.2 Å². The highest BCUT2D eigenvalue weighted by Gasteiger charge is 2.07. The normalized spacial score (nSPS) is 11.6. The van der Waals surface area contributed by atoms with Crippen LogP contribution in [0.1, 0.15) is 42.0 Å². The van der Waals surface area contributed by atoms with Gasteiger partial charge in [0.15, 0.2) is 0 Å². The van der Waals surface area contributed by atoms with Crippen molar-refractivity contribution >= 4 is 11.8 Å². The first kappa shape index (κ1) is 24.6. The van der Waals surface area contributed by atoms with Crippen LogP contribution in [-0.4, -0.2) is 17.0 Å². The smallest absolute Gasteiger partial charge is 0.229 e. The van der Waals surface area contributed by atoms with E-state index in [9.17, 15) is 0 Å². The largest absolute Gasteiger partial charge is 0.330 e. The average Bonchev–Trinajstić information content (AvgIpc) is 2.64. The quantitative estimate of drug-likeness (QED) is 0.607. The summed E-state index contributed by atoms with van der Waals surface area (Å²) in [5.74, 6) is 1.36. The fourth-order valence-corrected chi connectivity index (χ4v) is 1.79. The van der Waals surface area contributed by atoms with E-state index in [1.54, 1.807) is 12.3 Å². The molecule has 0 spiro atoms. The van der Waals surface area contributed by atoms with Gasteiger partial charge in [-0.2, -0.15) is 4.98 Å². The molecule has 1 N–H and O–H groups in total. The van der Waals surface area contributed by atoms with E-state index < -0.39 is 0 Å². The van der Waals surface area contributed by atoms with E-state index in [0.717, 1.165) is 17.2 Å². The lowest BCUT2D eigenvalue weighted by molar-refractivity contribution is 1.04. The van der Waals surface area contributed by atoms with Gasteiger partial charge in [0.2, 0.25) is 5.95 Å². The van der Waals surface area contributed by atoms with Crippen molar-refractivity contribution in [3.63, 3.8) is 0 Å². The molecule has 25 heavy (non-hydrogen) atoms. The van der Waals surface area contributed by atoms with Gasteiger partial charge in [-0.25, -0.2) is 4.98 Å². The first-order chi connectivity index (χ1) is 11.7. The van der Waals surface area contributed by atoms with Gasteiger partial charge in [0.1, 0.15) is 5.82 Å². The Balaban J connectivity index is 0. The zero-order valence-corrected chi connectivity index (χ0v) is 15.7. The lowest BCUT2D eigenvalue weighted by Crippen LogP contribution is -2.17. The number of hydrogen-bond donors (Lipinski definition) is 1. The van der Waals surface area contributed by atoms with Crippen molar-refractivity contribution in [2.45, 2.75) is 42.0 Å². The topological polar surface area (TPSA) is 41.1 Å². The number of nitrogens with one attached hydrogen (secondary N) is 1. The van der Waals surface area contributed by atoms with Crippen molar-refractivity contribution in [3.05, 3.63) is 72.8 Å². The molecule has 0 aliphatic carbocycles. The van der Waals surface area contributed by atoms with Crippen LogP contribution in [0.4, 0.5) is 11.8 Å². The molecule has 4 heteroatoms. The minimum Gasteiger partial charge on any atom is -0.330 e. The minimum atomic E-state index is 0. The van der Waals surface area contributed by atoms with Crippen LogP contribution in [0, 0.1) is 0 Å². The molecule has 0 saturated carbocycles. The maximum absolute atomic E-state index is 4.54. The van der Waals surface area contributed by atoms with Crippen molar-refractivity contribution in [2.75, 3.05) is 17.3 Å². The van der Waals surface area contributed by atoms with Crippen molar-refractivity contribution in [3.8, 4) is 0 Å². The third-order valence-corrected chi connectivity index (χ3v) is 2.95. The molecule has 138 valence electrons. The zero-order valence-electron chi connectivity index (χ0n) is 15.7. The van der Waals surface area contributed by atoms with Crippen molar-refractivity contribution in [1.29, 1.82) is 0 Å². The Hall–Kier alpha value is -2.62. The third-order valence-electron chi connectivity index (χ3n) is 2.95. The summed E-state index contributed by atoms with van der Waals surface area (Å²) in [5, 5.41) is 3.15. The first-order valence-electron chi connectivity index (χ1n) is 8.24. The van der Waals surface area contributed by atoms with E-state index in [0.29, 0.717) is 5.95 Å². The summed E-state index contributed by atoms with van der Waals surface area (Å²) in [5.41, 5.74) is 1.91. The predicted molar refractivity (Wildman–Crippen MR) is 114 cm³/mol. The SMILES string of the molecule is C.C=C/C(=C\C=C/C)Nc1nccc(N(C)C(/C=C\C)=C/C)n1.CC. The summed E-state index contributed by atoms with van der Waals surface area (Å²) >= 11 is 0. The molecule has 0 fully saturated rings. The van der Waals surface area contributed by atoms with Crippen molar-refractivity contribution in [1.82, 2.24) is 9.97 Å². The fraction of sp³-hybridized carbons (Fsp3) is 0.333. The van der Waals surface area contributed by atoms with Gasteiger partial charge in [-0.15, -0.1) is 0 Å². The van der Waals surface area contributed by atoms with E-state index >= 15 is 0 Å². The van der Waals surface area contributed by atoms with Crippen LogP contribution in [-0.2, 0) is 0 Å². The van der Waals surface area contributed by atoms with Crippen LogP contribution in [0.2, 0.25) is 0 Å². The number of nitrogens with zero attached hydrogens (tertiary/aromatic N) is 3. The Kier molecular flexibility index (Phi) is 14.7. The molecule has 0 saturated heterocycles. The number of anilines is 2. The molecule has 4 nitrogen and oxygen atoms in total. The Morgan fingerprint density at radius 1 is 1.20 bits per heavy atom. The molecule has 0 aromatic carbocycles. The van der Waals surface area contributed by atoms with Gasteiger partial charge in [0, 0.05) is 24.6 Å². The van der Waals surface area contributed by atoms with Crippen LogP contribution in [0.5, 0.6) is 0 Å². The summed E-state index contributed by atoms with van der Waals surface area (Å²) < 4.78 is 0. The highest BCUT2D eigenvalue weighted by molar-refractivity contribution is 5.51. The van der Waals surface area contributed by atoms with Crippen molar-refractivity contribution in [2.24, 2.45) is 0 Å². The van der Waals surface area contributed by atoms with E-state index in [4.69, 9.17) is 0 Å². The van der Waals surface area contributed by atoms with Crippen LogP contribution in [0.15, 0.2) is 72.8 Å². The molecule has 1 aromatic heterocycles. The van der Waals surface area contributed by atoms with Crippen LogP contribution < -0.4 is 10.2 Å². The van der Waals surface area contributed by atoms with Gasteiger partial charge in [-0.3, -0.25) is 0 Å². The molecular weight excluding hydrogens is 308 g/mol. The number of aromatic nitrogens is 2. The van der Waals surface area contributed by atoms with E-state index in [2.05, 4.69) is 21.9 Å². The van der Waals surface area contributed by atoms with Gasteiger partial charge in [0.05, 0.1) is 0 Å². The number of hydrogen-bond acceptors (Lipinski definition) is 4. The second kappa shape index (κ2) is 14.9. The molecular formula is C21H34N4. The maximum Gasteiger partial charge on any atom is 0.229 e.